The maximum atomic E-state index is 12.1. The third kappa shape index (κ3) is 3.66. The van der Waals surface area contributed by atoms with Crippen LogP contribution in [0.5, 0.6) is 5.75 Å². The van der Waals surface area contributed by atoms with Crippen LogP contribution >= 0.6 is 54.8 Å². The van der Waals surface area contributed by atoms with Gasteiger partial charge in [0, 0.05) is 5.02 Å². The van der Waals surface area contributed by atoms with E-state index in [0.717, 1.165) is 11.3 Å². The molecule has 2 aromatic rings. The summed E-state index contributed by atoms with van der Waals surface area (Å²) >= 11 is 13.4. The first-order valence-electron chi connectivity index (χ1n) is 5.48. The van der Waals surface area contributed by atoms with E-state index in [1.807, 2.05) is 0 Å². The molecule has 1 aromatic carbocycles. The Labute approximate surface area is 146 Å². The quantitative estimate of drug-likeness (QED) is 0.617. The van der Waals surface area contributed by atoms with E-state index in [2.05, 4.69) is 36.6 Å². The molecular formula is C13H7Br2ClO4S. The topological polar surface area (TPSA) is 52.6 Å². The first-order valence-corrected chi connectivity index (χ1v) is 8.26. The molecule has 0 bridgehead atoms. The van der Waals surface area contributed by atoms with Gasteiger partial charge in [-0.15, -0.1) is 11.3 Å². The summed E-state index contributed by atoms with van der Waals surface area (Å²) in [6, 6.07) is 6.24. The van der Waals surface area contributed by atoms with Crippen molar-refractivity contribution in [3.63, 3.8) is 0 Å². The number of methoxy groups -OCH3 is 1. The summed E-state index contributed by atoms with van der Waals surface area (Å²) in [5.41, 5.74) is 0.324. The molecule has 4 nitrogen and oxygen atoms in total. The van der Waals surface area contributed by atoms with Gasteiger partial charge in [-0.1, -0.05) is 11.6 Å². The molecule has 8 heteroatoms. The fourth-order valence-corrected chi connectivity index (χ4v) is 3.63. The highest BCUT2D eigenvalue weighted by molar-refractivity contribution is 9.13. The van der Waals surface area contributed by atoms with Gasteiger partial charge in [0.1, 0.15) is 0 Å². The SMILES string of the molecule is COC(=O)c1sc(Br)c(Br)c1OC(=O)c1ccc(Cl)cc1. The van der Waals surface area contributed by atoms with Crippen molar-refractivity contribution in [2.75, 3.05) is 7.11 Å². The van der Waals surface area contributed by atoms with Gasteiger partial charge in [-0.2, -0.15) is 0 Å². The van der Waals surface area contributed by atoms with Crippen molar-refractivity contribution in [3.8, 4) is 5.75 Å². The molecule has 0 fully saturated rings. The minimum Gasteiger partial charge on any atom is -0.465 e. The molecule has 0 saturated carbocycles. The van der Waals surface area contributed by atoms with Crippen molar-refractivity contribution in [1.82, 2.24) is 0 Å². The average molecular weight is 455 g/mol. The Hall–Kier alpha value is -0.890. The lowest BCUT2D eigenvalue weighted by Crippen LogP contribution is -2.11. The van der Waals surface area contributed by atoms with Crippen molar-refractivity contribution < 1.29 is 19.1 Å². The van der Waals surface area contributed by atoms with Crippen LogP contribution in [0.3, 0.4) is 0 Å². The van der Waals surface area contributed by atoms with Crippen LogP contribution in [0.1, 0.15) is 20.0 Å². The van der Waals surface area contributed by atoms with E-state index in [9.17, 15) is 9.59 Å². The summed E-state index contributed by atoms with van der Waals surface area (Å²) in [5, 5.41) is 0.515. The summed E-state index contributed by atoms with van der Waals surface area (Å²) in [7, 11) is 1.26. The first kappa shape index (κ1) is 16.5. The van der Waals surface area contributed by atoms with Crippen LogP contribution in [-0.4, -0.2) is 19.0 Å². The molecule has 0 amide bonds. The van der Waals surface area contributed by atoms with E-state index in [1.165, 1.54) is 19.2 Å². The number of hydrogen-bond acceptors (Lipinski definition) is 5. The zero-order valence-electron chi connectivity index (χ0n) is 10.5. The Morgan fingerprint density at radius 3 is 2.33 bits per heavy atom. The van der Waals surface area contributed by atoms with Crippen molar-refractivity contribution in [1.29, 1.82) is 0 Å². The van der Waals surface area contributed by atoms with Crippen LogP contribution in [0.2, 0.25) is 5.02 Å². The molecule has 21 heavy (non-hydrogen) atoms. The molecule has 110 valence electrons. The normalized spacial score (nSPS) is 10.3. The van der Waals surface area contributed by atoms with Crippen molar-refractivity contribution in [2.45, 2.75) is 0 Å². The summed E-state index contributed by atoms with van der Waals surface area (Å²) in [6.07, 6.45) is 0. The van der Waals surface area contributed by atoms with E-state index >= 15 is 0 Å². The van der Waals surface area contributed by atoms with Gasteiger partial charge < -0.3 is 9.47 Å². The maximum Gasteiger partial charge on any atom is 0.352 e. The predicted molar refractivity (Wildman–Crippen MR) is 87.5 cm³/mol. The van der Waals surface area contributed by atoms with Gasteiger partial charge in [0.25, 0.3) is 0 Å². The number of halogens is 3. The van der Waals surface area contributed by atoms with E-state index in [4.69, 9.17) is 16.3 Å². The number of hydrogen-bond donors (Lipinski definition) is 0. The molecule has 0 aliphatic heterocycles. The lowest BCUT2D eigenvalue weighted by Gasteiger charge is -2.05. The Morgan fingerprint density at radius 1 is 1.14 bits per heavy atom. The standard InChI is InChI=1S/C13H7Br2ClO4S/c1-19-13(18)10-9(8(14)11(15)21-10)20-12(17)6-2-4-7(16)5-3-6/h2-5H,1H3. The zero-order valence-corrected chi connectivity index (χ0v) is 15.2. The Kier molecular flexibility index (Phi) is 5.43. The highest BCUT2D eigenvalue weighted by Crippen LogP contribution is 2.43. The highest BCUT2D eigenvalue weighted by atomic mass is 79.9. The van der Waals surface area contributed by atoms with Crippen LogP contribution < -0.4 is 4.74 Å². The summed E-state index contributed by atoms with van der Waals surface area (Å²) in [4.78, 5) is 24.0. The second kappa shape index (κ2) is 6.91. The minimum atomic E-state index is -0.595. The molecule has 0 N–H and O–H groups in total. The number of esters is 2. The third-order valence-electron chi connectivity index (χ3n) is 2.42. The van der Waals surface area contributed by atoms with E-state index < -0.39 is 11.9 Å². The molecule has 1 heterocycles. The van der Waals surface area contributed by atoms with Gasteiger partial charge in [0.15, 0.2) is 10.6 Å². The maximum absolute atomic E-state index is 12.1. The monoisotopic (exact) mass is 452 g/mol. The molecule has 0 unspecified atom stereocenters. The Balaban J connectivity index is 2.32. The first-order chi connectivity index (χ1) is 9.93. The lowest BCUT2D eigenvalue weighted by molar-refractivity contribution is 0.0599. The molecule has 0 aliphatic carbocycles. The largest absolute Gasteiger partial charge is 0.465 e. The van der Waals surface area contributed by atoms with Crippen molar-refractivity contribution in [3.05, 3.63) is 48.0 Å². The molecule has 0 aliphatic rings. The minimum absolute atomic E-state index is 0.124. The number of carbonyl (C=O) groups is 2. The smallest absolute Gasteiger partial charge is 0.352 e. The molecule has 0 spiro atoms. The Bertz CT molecular complexity index is 697. The summed E-state index contributed by atoms with van der Waals surface area (Å²) in [6.45, 7) is 0. The fourth-order valence-electron chi connectivity index (χ4n) is 1.43. The lowest BCUT2D eigenvalue weighted by atomic mass is 10.2. The van der Waals surface area contributed by atoms with E-state index in [1.54, 1.807) is 12.1 Å². The van der Waals surface area contributed by atoms with Crippen molar-refractivity contribution in [2.24, 2.45) is 0 Å². The molecule has 2 rings (SSSR count). The highest BCUT2D eigenvalue weighted by Gasteiger charge is 2.25. The van der Waals surface area contributed by atoms with Crippen LogP contribution in [0.15, 0.2) is 32.5 Å². The van der Waals surface area contributed by atoms with Crippen LogP contribution in [0, 0.1) is 0 Å². The van der Waals surface area contributed by atoms with Crippen LogP contribution in [0.25, 0.3) is 0 Å². The fraction of sp³-hybridized carbons (Fsp3) is 0.0769. The van der Waals surface area contributed by atoms with Gasteiger partial charge >= 0.3 is 11.9 Å². The number of rotatable bonds is 3. The zero-order chi connectivity index (χ0) is 15.6. The number of benzene rings is 1. The van der Waals surface area contributed by atoms with Gasteiger partial charge in [0.2, 0.25) is 0 Å². The van der Waals surface area contributed by atoms with Crippen LogP contribution in [0.4, 0.5) is 0 Å². The third-order valence-corrected chi connectivity index (χ3v) is 6.04. The predicted octanol–water partition coefficient (Wildman–Crippen LogP) is 4.93. The van der Waals surface area contributed by atoms with Gasteiger partial charge in [0.05, 0.1) is 20.9 Å². The number of ether oxygens (including phenoxy) is 2. The molecular weight excluding hydrogens is 447 g/mol. The van der Waals surface area contributed by atoms with Gasteiger partial charge in [-0.3, -0.25) is 0 Å². The Morgan fingerprint density at radius 2 is 1.76 bits per heavy atom. The molecule has 0 radical (unpaired) electrons. The summed E-state index contributed by atoms with van der Waals surface area (Å²) < 4.78 is 11.1. The van der Waals surface area contributed by atoms with Gasteiger partial charge in [-0.05, 0) is 56.1 Å². The second-order valence-corrected chi connectivity index (χ2v) is 7.30. The second-order valence-electron chi connectivity index (χ2n) is 3.74. The number of carbonyl (C=O) groups excluding carboxylic acids is 2. The van der Waals surface area contributed by atoms with E-state index in [-0.39, 0.29) is 10.6 Å². The van der Waals surface area contributed by atoms with E-state index in [0.29, 0.717) is 18.8 Å². The van der Waals surface area contributed by atoms with Crippen LogP contribution in [-0.2, 0) is 4.74 Å². The van der Waals surface area contributed by atoms with Gasteiger partial charge in [-0.25, -0.2) is 9.59 Å². The molecule has 0 atom stereocenters. The number of thiophene rings is 1. The summed E-state index contributed by atoms with van der Waals surface area (Å²) in [5.74, 6) is -1.05. The molecule has 0 saturated heterocycles. The molecule has 1 aromatic heterocycles. The average Bonchev–Trinajstić information content (AvgIpc) is 2.75. The van der Waals surface area contributed by atoms with Crippen molar-refractivity contribution >= 4 is 66.7 Å².